The quantitative estimate of drug-likeness (QED) is 0.178. The molecule has 1 aromatic heterocycles. The largest absolute Gasteiger partial charge is 0.480 e. The summed E-state index contributed by atoms with van der Waals surface area (Å²) in [5.41, 5.74) is 4.88. The molecule has 0 saturated heterocycles. The number of hydrogen-bond donors (Lipinski definition) is 1. The second-order valence-corrected chi connectivity index (χ2v) is 8.34. The van der Waals surface area contributed by atoms with E-state index in [1.807, 2.05) is 19.9 Å². The van der Waals surface area contributed by atoms with E-state index in [0.717, 1.165) is 11.4 Å². The minimum Gasteiger partial charge on any atom is -0.480 e. The number of hydrogen-bond acceptors (Lipinski definition) is 8. The third kappa shape index (κ3) is 7.75. The van der Waals surface area contributed by atoms with Crippen LogP contribution >= 0.6 is 43.6 Å². The molecule has 11 heteroatoms. The average molecular weight is 546 g/mol. The lowest BCUT2D eigenvalue weighted by atomic mass is 10.2. The van der Waals surface area contributed by atoms with E-state index in [0.29, 0.717) is 25.4 Å². The van der Waals surface area contributed by atoms with Crippen LogP contribution in [-0.4, -0.2) is 47.5 Å². The number of thioether (sulfide) groups is 1. The number of nitrogens with zero attached hydrogens (tertiary/aromatic N) is 3. The third-order valence-corrected chi connectivity index (χ3v) is 5.31. The molecule has 0 saturated carbocycles. The normalized spacial score (nSPS) is 10.8. The van der Waals surface area contributed by atoms with Crippen LogP contribution in [0.3, 0.4) is 0 Å². The van der Waals surface area contributed by atoms with E-state index in [9.17, 15) is 9.59 Å². The van der Waals surface area contributed by atoms with Crippen molar-refractivity contribution in [2.24, 2.45) is 5.10 Å². The van der Waals surface area contributed by atoms with Crippen molar-refractivity contribution in [2.45, 2.75) is 19.0 Å². The van der Waals surface area contributed by atoms with Crippen molar-refractivity contribution in [3.05, 3.63) is 44.1 Å². The van der Waals surface area contributed by atoms with E-state index in [1.165, 1.54) is 25.1 Å². The first kappa shape index (κ1) is 23.3. The topological polar surface area (TPSA) is 103 Å². The number of aromatic nitrogens is 2. The Kier molecular flexibility index (Phi) is 9.05. The number of aryl methyl sites for hydroxylation is 2. The molecule has 0 unspecified atom stereocenters. The molecule has 0 fully saturated rings. The summed E-state index contributed by atoms with van der Waals surface area (Å²) in [5.74, 6) is -0.152. The molecule has 0 radical (unpaired) electrons. The number of esters is 1. The van der Waals surface area contributed by atoms with Gasteiger partial charge in [0.2, 0.25) is 0 Å². The average Bonchev–Trinajstić information content (AvgIpc) is 2.64. The second kappa shape index (κ2) is 11.3. The van der Waals surface area contributed by atoms with E-state index in [-0.39, 0.29) is 18.3 Å². The van der Waals surface area contributed by atoms with Crippen molar-refractivity contribution in [2.75, 3.05) is 19.5 Å². The Hall–Kier alpha value is -1.98. The number of carbonyl (C=O) groups is 2. The van der Waals surface area contributed by atoms with Crippen molar-refractivity contribution in [1.82, 2.24) is 15.4 Å². The van der Waals surface area contributed by atoms with Gasteiger partial charge >= 0.3 is 5.97 Å². The Balaban J connectivity index is 1.90. The van der Waals surface area contributed by atoms with Gasteiger partial charge in [0.25, 0.3) is 5.91 Å². The summed E-state index contributed by atoms with van der Waals surface area (Å²) in [6, 6.07) is 5.35. The number of methoxy groups -OCH3 is 1. The summed E-state index contributed by atoms with van der Waals surface area (Å²) in [7, 11) is 1.29. The van der Waals surface area contributed by atoms with Crippen LogP contribution in [0.1, 0.15) is 17.0 Å². The van der Waals surface area contributed by atoms with Gasteiger partial charge in [-0.05, 0) is 69.5 Å². The molecule has 2 rings (SSSR count). The molecule has 0 atom stereocenters. The van der Waals surface area contributed by atoms with E-state index in [4.69, 9.17) is 4.74 Å². The molecule has 1 N–H and O–H groups in total. The predicted molar refractivity (Wildman–Crippen MR) is 117 cm³/mol. The number of ether oxygens (including phenoxy) is 2. The highest BCUT2D eigenvalue weighted by atomic mass is 79.9. The van der Waals surface area contributed by atoms with E-state index in [2.05, 4.69) is 57.1 Å². The van der Waals surface area contributed by atoms with Crippen LogP contribution in [0.25, 0.3) is 0 Å². The molecule has 0 bridgehead atoms. The Morgan fingerprint density at radius 3 is 2.38 bits per heavy atom. The number of nitrogens with one attached hydrogen (secondary N) is 1. The summed E-state index contributed by atoms with van der Waals surface area (Å²) in [6.45, 7) is 3.55. The van der Waals surface area contributed by atoms with Gasteiger partial charge in [0.05, 0.1) is 28.0 Å². The molecule has 29 heavy (non-hydrogen) atoms. The molecule has 1 amide bonds. The van der Waals surface area contributed by atoms with Gasteiger partial charge in [-0.15, -0.1) is 0 Å². The molecule has 1 aromatic carbocycles. The smallest absolute Gasteiger partial charge is 0.343 e. The lowest BCUT2D eigenvalue weighted by molar-refractivity contribution is -0.142. The van der Waals surface area contributed by atoms with Crippen molar-refractivity contribution in [1.29, 1.82) is 0 Å². The maximum absolute atomic E-state index is 12.0. The molecule has 0 aliphatic carbocycles. The fourth-order valence-electron chi connectivity index (χ4n) is 2.08. The minimum atomic E-state index is -0.485. The van der Waals surface area contributed by atoms with Crippen LogP contribution in [0, 0.1) is 13.8 Å². The zero-order chi connectivity index (χ0) is 21.4. The van der Waals surface area contributed by atoms with Crippen molar-refractivity contribution >= 4 is 61.7 Å². The maximum Gasteiger partial charge on any atom is 0.343 e. The Morgan fingerprint density at radius 1 is 1.17 bits per heavy atom. The van der Waals surface area contributed by atoms with Gasteiger partial charge in [-0.25, -0.2) is 20.2 Å². The number of hydrazone groups is 1. The van der Waals surface area contributed by atoms with Crippen LogP contribution < -0.4 is 10.2 Å². The third-order valence-electron chi connectivity index (χ3n) is 3.28. The first-order valence-corrected chi connectivity index (χ1v) is 10.8. The van der Waals surface area contributed by atoms with E-state index in [1.54, 1.807) is 12.1 Å². The molecule has 0 aliphatic rings. The predicted octanol–water partition coefficient (Wildman–Crippen LogP) is 3.41. The Morgan fingerprint density at radius 2 is 1.79 bits per heavy atom. The number of halogens is 2. The van der Waals surface area contributed by atoms with Gasteiger partial charge in [-0.1, -0.05) is 11.8 Å². The van der Waals surface area contributed by atoms with Crippen molar-refractivity contribution in [3.63, 3.8) is 0 Å². The highest BCUT2D eigenvalue weighted by Gasteiger charge is 2.11. The van der Waals surface area contributed by atoms with Crippen molar-refractivity contribution in [3.8, 4) is 5.75 Å². The molecule has 8 nitrogen and oxygen atoms in total. The zero-order valence-corrected chi connectivity index (χ0v) is 19.9. The van der Waals surface area contributed by atoms with E-state index >= 15 is 0 Å². The molecular formula is C18H18Br2N4O4S. The first-order valence-electron chi connectivity index (χ1n) is 8.24. The lowest BCUT2D eigenvalue weighted by Crippen LogP contribution is -2.19. The van der Waals surface area contributed by atoms with Gasteiger partial charge in [0.15, 0.2) is 11.8 Å². The minimum absolute atomic E-state index is 0.147. The summed E-state index contributed by atoms with van der Waals surface area (Å²) >= 11 is 8.00. The molecule has 2 aromatic rings. The van der Waals surface area contributed by atoms with Crippen LogP contribution in [0.2, 0.25) is 0 Å². The van der Waals surface area contributed by atoms with Gasteiger partial charge < -0.3 is 9.47 Å². The monoisotopic (exact) mass is 544 g/mol. The number of benzene rings is 1. The molecular weight excluding hydrogens is 528 g/mol. The SMILES string of the molecule is COC(=O)COc1c(Br)cc(/C=N\NC(=O)CSc2nc(C)cc(C)n2)cc1Br. The number of amides is 1. The molecule has 1 heterocycles. The van der Waals surface area contributed by atoms with E-state index < -0.39 is 5.97 Å². The van der Waals surface area contributed by atoms with Crippen molar-refractivity contribution < 1.29 is 19.1 Å². The van der Waals surface area contributed by atoms with Crippen LogP contribution in [0.15, 0.2) is 37.4 Å². The summed E-state index contributed by atoms with van der Waals surface area (Å²) in [4.78, 5) is 31.7. The summed E-state index contributed by atoms with van der Waals surface area (Å²) in [6.07, 6.45) is 1.50. The lowest BCUT2D eigenvalue weighted by Gasteiger charge is -2.10. The molecule has 0 aliphatic heterocycles. The fourth-order valence-corrected chi connectivity index (χ4v) is 4.27. The van der Waals surface area contributed by atoms with Crippen LogP contribution in [-0.2, 0) is 14.3 Å². The first-order chi connectivity index (χ1) is 13.8. The van der Waals surface area contributed by atoms with Gasteiger partial charge in [-0.3, -0.25) is 4.79 Å². The highest BCUT2D eigenvalue weighted by molar-refractivity contribution is 9.11. The van der Waals surface area contributed by atoms with Gasteiger partial charge in [0.1, 0.15) is 5.75 Å². The number of carbonyl (C=O) groups excluding carboxylic acids is 2. The number of rotatable bonds is 8. The molecule has 0 spiro atoms. The summed E-state index contributed by atoms with van der Waals surface area (Å²) < 4.78 is 11.2. The zero-order valence-electron chi connectivity index (χ0n) is 15.9. The maximum atomic E-state index is 12.0. The molecule has 154 valence electrons. The van der Waals surface area contributed by atoms with Crippen LogP contribution in [0.5, 0.6) is 5.75 Å². The van der Waals surface area contributed by atoms with Crippen LogP contribution in [0.4, 0.5) is 0 Å². The van der Waals surface area contributed by atoms with Gasteiger partial charge in [0, 0.05) is 11.4 Å². The summed E-state index contributed by atoms with van der Waals surface area (Å²) in [5, 5.41) is 4.51. The Labute approximate surface area is 189 Å². The van der Waals surface area contributed by atoms with Gasteiger partial charge in [-0.2, -0.15) is 5.10 Å². The highest BCUT2D eigenvalue weighted by Crippen LogP contribution is 2.34. The second-order valence-electron chi connectivity index (χ2n) is 5.69. The standard InChI is InChI=1S/C18H18Br2N4O4S/c1-10-4-11(2)23-18(22-10)29-9-15(25)24-21-7-12-5-13(19)17(14(20)6-12)28-8-16(26)27-3/h4-7H,8-9H2,1-3H3,(H,24,25)/b21-7-. The Bertz CT molecular complexity index is 897. The fraction of sp³-hybridized carbons (Fsp3) is 0.278.